The van der Waals surface area contributed by atoms with E-state index in [0.29, 0.717) is 6.42 Å². The molecule has 3 nitrogen and oxygen atoms in total. The molecule has 3 heteroatoms. The highest BCUT2D eigenvalue weighted by Crippen LogP contribution is 2.27. The first-order chi connectivity index (χ1) is 10.1. The molecule has 108 valence electrons. The third kappa shape index (κ3) is 2.98. The van der Waals surface area contributed by atoms with Crippen molar-refractivity contribution in [1.82, 2.24) is 0 Å². The van der Waals surface area contributed by atoms with Crippen LogP contribution in [0.2, 0.25) is 0 Å². The topological polar surface area (TPSA) is 55.1 Å². The Labute approximate surface area is 125 Å². The summed E-state index contributed by atoms with van der Waals surface area (Å²) in [5.41, 5.74) is 11.9. The van der Waals surface area contributed by atoms with Gasteiger partial charge in [0.15, 0.2) is 0 Å². The number of amides is 1. The molecular formula is C18H20N2O. The third-order valence-electron chi connectivity index (χ3n) is 4.01. The highest BCUT2D eigenvalue weighted by molar-refractivity contribution is 5.92. The minimum absolute atomic E-state index is 0.101. The zero-order chi connectivity index (χ0) is 14.8. The quantitative estimate of drug-likeness (QED) is 0.886. The van der Waals surface area contributed by atoms with E-state index in [9.17, 15) is 4.79 Å². The van der Waals surface area contributed by atoms with Gasteiger partial charge in [0, 0.05) is 12.1 Å². The molecule has 2 aromatic rings. The molecule has 0 saturated heterocycles. The molecule has 0 radical (unpaired) electrons. The average molecular weight is 280 g/mol. The Morgan fingerprint density at radius 3 is 2.71 bits per heavy atom. The number of anilines is 1. The predicted octanol–water partition coefficient (Wildman–Crippen LogP) is 3.32. The summed E-state index contributed by atoms with van der Waals surface area (Å²) in [6.45, 7) is 2.07. The fourth-order valence-electron chi connectivity index (χ4n) is 2.84. The number of nitrogens with one attached hydrogen (secondary N) is 1. The highest BCUT2D eigenvalue weighted by Gasteiger charge is 2.15. The van der Waals surface area contributed by atoms with Crippen molar-refractivity contribution >= 4 is 11.6 Å². The summed E-state index contributed by atoms with van der Waals surface area (Å²) in [5.74, 6) is 0.101. The lowest BCUT2D eigenvalue weighted by Gasteiger charge is -2.16. The van der Waals surface area contributed by atoms with Crippen molar-refractivity contribution in [2.75, 3.05) is 5.32 Å². The van der Waals surface area contributed by atoms with E-state index >= 15 is 0 Å². The molecule has 21 heavy (non-hydrogen) atoms. The van der Waals surface area contributed by atoms with Crippen molar-refractivity contribution in [2.24, 2.45) is 5.73 Å². The van der Waals surface area contributed by atoms with Crippen molar-refractivity contribution < 1.29 is 4.79 Å². The number of aryl methyl sites for hydroxylation is 2. The molecule has 1 amide bonds. The van der Waals surface area contributed by atoms with E-state index in [1.54, 1.807) is 0 Å². The number of nitrogens with two attached hydrogens (primary N) is 1. The van der Waals surface area contributed by atoms with Gasteiger partial charge in [0.05, 0.1) is 6.04 Å². The fourth-order valence-corrected chi connectivity index (χ4v) is 2.84. The van der Waals surface area contributed by atoms with Crippen molar-refractivity contribution in [1.29, 1.82) is 0 Å². The molecule has 0 bridgehead atoms. The summed E-state index contributed by atoms with van der Waals surface area (Å²) < 4.78 is 0. The van der Waals surface area contributed by atoms with Crippen LogP contribution in [0.3, 0.4) is 0 Å². The van der Waals surface area contributed by atoms with E-state index in [1.165, 1.54) is 11.1 Å². The van der Waals surface area contributed by atoms with Crippen LogP contribution in [0.15, 0.2) is 42.5 Å². The van der Waals surface area contributed by atoms with Crippen LogP contribution in [0.4, 0.5) is 5.69 Å². The molecule has 1 heterocycles. The number of benzene rings is 2. The second kappa shape index (κ2) is 5.70. The first-order valence-corrected chi connectivity index (χ1v) is 7.38. The average Bonchev–Trinajstić information content (AvgIpc) is 2.66. The number of carbonyl (C=O) groups is 1. The standard InChI is InChI=1S/C18H20N2O/c1-12-4-2-6-14(10-12)18(19)15-8-9-16-13(11-15)5-3-7-17(21)20-16/h2,4,6,8-11,18H,3,5,7,19H2,1H3,(H,20,21). The minimum Gasteiger partial charge on any atom is -0.326 e. The van der Waals surface area contributed by atoms with Crippen molar-refractivity contribution in [2.45, 2.75) is 32.2 Å². The second-order valence-electron chi connectivity index (χ2n) is 5.71. The first kappa shape index (κ1) is 13.8. The van der Waals surface area contributed by atoms with Crippen LogP contribution >= 0.6 is 0 Å². The Bertz CT molecular complexity index is 679. The molecule has 0 aromatic heterocycles. The zero-order valence-electron chi connectivity index (χ0n) is 12.2. The third-order valence-corrected chi connectivity index (χ3v) is 4.01. The predicted molar refractivity (Wildman–Crippen MR) is 85.2 cm³/mol. The molecule has 2 aromatic carbocycles. The molecule has 1 unspecified atom stereocenters. The smallest absolute Gasteiger partial charge is 0.224 e. The van der Waals surface area contributed by atoms with E-state index in [-0.39, 0.29) is 11.9 Å². The Hall–Kier alpha value is -2.13. The molecule has 0 aliphatic carbocycles. The van der Waals surface area contributed by atoms with E-state index in [4.69, 9.17) is 5.73 Å². The van der Waals surface area contributed by atoms with Crippen molar-refractivity contribution in [3.05, 3.63) is 64.7 Å². The lowest BCUT2D eigenvalue weighted by molar-refractivity contribution is -0.116. The SMILES string of the molecule is Cc1cccc(C(N)c2ccc3c(c2)CCCC(=O)N3)c1. The lowest BCUT2D eigenvalue weighted by Crippen LogP contribution is -2.13. The monoisotopic (exact) mass is 280 g/mol. The van der Waals surface area contributed by atoms with Crippen LogP contribution in [-0.4, -0.2) is 5.91 Å². The van der Waals surface area contributed by atoms with Crippen molar-refractivity contribution in [3.8, 4) is 0 Å². The molecule has 1 aliphatic heterocycles. The van der Waals surface area contributed by atoms with Crippen LogP contribution in [0.5, 0.6) is 0 Å². The van der Waals surface area contributed by atoms with Gasteiger partial charge in [-0.3, -0.25) is 4.79 Å². The van der Waals surface area contributed by atoms with Gasteiger partial charge in [0.1, 0.15) is 0 Å². The fraction of sp³-hybridized carbons (Fsp3) is 0.278. The Balaban J connectivity index is 1.93. The highest BCUT2D eigenvalue weighted by atomic mass is 16.1. The number of hydrogen-bond acceptors (Lipinski definition) is 2. The minimum atomic E-state index is -0.130. The van der Waals surface area contributed by atoms with Gasteiger partial charge < -0.3 is 11.1 Å². The summed E-state index contributed by atoms with van der Waals surface area (Å²) >= 11 is 0. The summed E-state index contributed by atoms with van der Waals surface area (Å²) in [6.07, 6.45) is 2.40. The maximum Gasteiger partial charge on any atom is 0.224 e. The van der Waals surface area contributed by atoms with Gasteiger partial charge in [-0.25, -0.2) is 0 Å². The maximum absolute atomic E-state index is 11.6. The van der Waals surface area contributed by atoms with E-state index in [0.717, 1.165) is 29.7 Å². The first-order valence-electron chi connectivity index (χ1n) is 7.38. The number of rotatable bonds is 2. The summed E-state index contributed by atoms with van der Waals surface area (Å²) in [5, 5.41) is 2.96. The second-order valence-corrected chi connectivity index (χ2v) is 5.71. The maximum atomic E-state index is 11.6. The summed E-state index contributed by atoms with van der Waals surface area (Å²) in [6, 6.07) is 14.3. The van der Waals surface area contributed by atoms with E-state index < -0.39 is 0 Å². The van der Waals surface area contributed by atoms with Crippen molar-refractivity contribution in [3.63, 3.8) is 0 Å². The van der Waals surface area contributed by atoms with Crippen LogP contribution in [-0.2, 0) is 11.2 Å². The Morgan fingerprint density at radius 1 is 1.10 bits per heavy atom. The Kier molecular flexibility index (Phi) is 3.76. The van der Waals surface area contributed by atoms with Gasteiger partial charge in [-0.1, -0.05) is 42.0 Å². The van der Waals surface area contributed by atoms with E-state index in [1.807, 2.05) is 18.2 Å². The molecular weight excluding hydrogens is 260 g/mol. The summed E-state index contributed by atoms with van der Waals surface area (Å²) in [7, 11) is 0. The molecule has 1 aliphatic rings. The number of hydrogen-bond donors (Lipinski definition) is 2. The lowest BCUT2D eigenvalue weighted by atomic mass is 9.95. The van der Waals surface area contributed by atoms with Gasteiger partial charge in [0.2, 0.25) is 5.91 Å². The van der Waals surface area contributed by atoms with Crippen LogP contribution in [0.1, 0.15) is 41.1 Å². The number of fused-ring (bicyclic) bond motifs is 1. The molecule has 0 saturated carbocycles. The van der Waals surface area contributed by atoms with Gasteiger partial charge >= 0.3 is 0 Å². The van der Waals surface area contributed by atoms with Gasteiger partial charge in [0.25, 0.3) is 0 Å². The molecule has 0 fully saturated rings. The molecule has 3 rings (SSSR count). The van der Waals surface area contributed by atoms with E-state index in [2.05, 4.69) is 36.5 Å². The zero-order valence-corrected chi connectivity index (χ0v) is 12.2. The number of carbonyl (C=O) groups excluding carboxylic acids is 1. The van der Waals surface area contributed by atoms with Crippen LogP contribution in [0, 0.1) is 6.92 Å². The largest absolute Gasteiger partial charge is 0.326 e. The molecule has 0 spiro atoms. The van der Waals surface area contributed by atoms with Gasteiger partial charge in [-0.2, -0.15) is 0 Å². The normalized spacial score (nSPS) is 15.8. The summed E-state index contributed by atoms with van der Waals surface area (Å²) in [4.78, 5) is 11.6. The van der Waals surface area contributed by atoms with Crippen LogP contribution in [0.25, 0.3) is 0 Å². The van der Waals surface area contributed by atoms with Gasteiger partial charge in [-0.15, -0.1) is 0 Å². The van der Waals surface area contributed by atoms with Crippen LogP contribution < -0.4 is 11.1 Å². The van der Waals surface area contributed by atoms with Gasteiger partial charge in [-0.05, 0) is 42.5 Å². The molecule has 3 N–H and O–H groups in total. The molecule has 1 atom stereocenters. The Morgan fingerprint density at radius 2 is 1.90 bits per heavy atom.